The summed E-state index contributed by atoms with van der Waals surface area (Å²) in [5.41, 5.74) is 0.986. The van der Waals surface area contributed by atoms with Crippen molar-refractivity contribution in [2.24, 2.45) is 0 Å². The van der Waals surface area contributed by atoms with E-state index in [2.05, 4.69) is 39.7 Å². The normalized spacial score (nSPS) is 9.47. The Bertz CT molecular complexity index is 349. The zero-order valence-corrected chi connectivity index (χ0v) is 10.7. The fourth-order valence-electron chi connectivity index (χ4n) is 1.28. The van der Waals surface area contributed by atoms with Crippen molar-refractivity contribution in [3.05, 3.63) is 28.5 Å². The molecule has 1 nitrogen and oxygen atoms in total. The van der Waals surface area contributed by atoms with Crippen LogP contribution in [0.1, 0.15) is 44.6 Å². The van der Waals surface area contributed by atoms with Crippen molar-refractivity contribution < 1.29 is 0 Å². The number of unbranched alkanes of at least 4 members (excludes halogenated alkanes) is 4. The number of nitrogens with zero attached hydrogens (tertiary/aromatic N) is 1. The zero-order chi connectivity index (χ0) is 10.9. The van der Waals surface area contributed by atoms with E-state index < -0.39 is 0 Å². The molecule has 0 bridgehead atoms. The van der Waals surface area contributed by atoms with E-state index in [1.807, 2.05) is 6.07 Å². The summed E-state index contributed by atoms with van der Waals surface area (Å²) in [6.07, 6.45) is 9.66. The van der Waals surface area contributed by atoms with E-state index in [4.69, 9.17) is 0 Å². The lowest BCUT2D eigenvalue weighted by atomic mass is 10.1. The lowest BCUT2D eigenvalue weighted by Crippen LogP contribution is -1.78. The Labute approximate surface area is 100 Å². The van der Waals surface area contributed by atoms with Crippen LogP contribution in [0.2, 0.25) is 0 Å². The molecule has 0 radical (unpaired) electrons. The second kappa shape index (κ2) is 7.48. The fraction of sp³-hybridized carbons (Fsp3) is 0.462. The van der Waals surface area contributed by atoms with Crippen molar-refractivity contribution in [2.45, 2.75) is 39.0 Å². The summed E-state index contributed by atoms with van der Waals surface area (Å²) in [6, 6.07) is 1.99. The van der Waals surface area contributed by atoms with Crippen LogP contribution in [0, 0.1) is 11.8 Å². The molecule has 0 spiro atoms. The Morgan fingerprint density at radius 3 is 2.87 bits per heavy atom. The smallest absolute Gasteiger partial charge is 0.0439 e. The summed E-state index contributed by atoms with van der Waals surface area (Å²) in [5, 5.41) is 0. The van der Waals surface area contributed by atoms with E-state index >= 15 is 0 Å². The summed E-state index contributed by atoms with van der Waals surface area (Å²) in [4.78, 5) is 4.06. The van der Waals surface area contributed by atoms with E-state index in [0.29, 0.717) is 0 Å². The zero-order valence-electron chi connectivity index (χ0n) is 9.09. The van der Waals surface area contributed by atoms with Crippen molar-refractivity contribution in [1.29, 1.82) is 0 Å². The van der Waals surface area contributed by atoms with Crippen molar-refractivity contribution >= 4 is 15.9 Å². The van der Waals surface area contributed by atoms with E-state index in [9.17, 15) is 0 Å². The summed E-state index contributed by atoms with van der Waals surface area (Å²) in [7, 11) is 0. The molecule has 0 aliphatic heterocycles. The van der Waals surface area contributed by atoms with Crippen molar-refractivity contribution in [1.82, 2.24) is 4.98 Å². The van der Waals surface area contributed by atoms with Crippen LogP contribution < -0.4 is 0 Å². The van der Waals surface area contributed by atoms with Crippen LogP contribution >= 0.6 is 15.9 Å². The third-order valence-electron chi connectivity index (χ3n) is 2.09. The molecule has 1 heterocycles. The quantitative estimate of drug-likeness (QED) is 0.589. The molecule has 80 valence electrons. The van der Waals surface area contributed by atoms with Gasteiger partial charge >= 0.3 is 0 Å². The average Bonchev–Trinajstić information content (AvgIpc) is 2.23. The van der Waals surface area contributed by atoms with Gasteiger partial charge in [-0.25, -0.2) is 0 Å². The maximum Gasteiger partial charge on any atom is 0.0439 e. The standard InChI is InChI=1S/C13H16BrN/c1-2-3-4-5-6-7-8-12-9-13(14)11-15-10-12/h9-11H,2-6H2,1H3. The van der Waals surface area contributed by atoms with Crippen LogP contribution in [0.3, 0.4) is 0 Å². The second-order valence-corrected chi connectivity index (χ2v) is 4.42. The first-order chi connectivity index (χ1) is 7.33. The molecule has 0 amide bonds. The molecule has 0 N–H and O–H groups in total. The molecule has 1 aromatic rings. The van der Waals surface area contributed by atoms with Crippen molar-refractivity contribution in [2.75, 3.05) is 0 Å². The first-order valence-corrected chi connectivity index (χ1v) is 6.21. The first kappa shape index (κ1) is 12.3. The average molecular weight is 266 g/mol. The monoisotopic (exact) mass is 265 g/mol. The molecule has 2 heteroatoms. The van der Waals surface area contributed by atoms with Crippen molar-refractivity contribution in [3.8, 4) is 11.8 Å². The van der Waals surface area contributed by atoms with Gasteiger partial charge in [0.05, 0.1) is 0 Å². The van der Waals surface area contributed by atoms with Crippen LogP contribution in [0.15, 0.2) is 22.9 Å². The molecule has 0 fully saturated rings. The molecule has 1 rings (SSSR count). The predicted octanol–water partition coefficient (Wildman–Crippen LogP) is 4.17. The van der Waals surface area contributed by atoms with Gasteiger partial charge in [-0.2, -0.15) is 0 Å². The number of halogens is 1. The minimum Gasteiger partial charge on any atom is -0.262 e. The van der Waals surface area contributed by atoms with Gasteiger partial charge in [0.25, 0.3) is 0 Å². The number of pyridine rings is 1. The molecule has 0 atom stereocenters. The topological polar surface area (TPSA) is 12.9 Å². The van der Waals surface area contributed by atoms with Gasteiger partial charge in [-0.15, -0.1) is 0 Å². The highest BCUT2D eigenvalue weighted by Crippen LogP contribution is 2.08. The largest absolute Gasteiger partial charge is 0.262 e. The van der Waals surface area contributed by atoms with Crippen LogP contribution in [0.25, 0.3) is 0 Å². The molecule has 0 aromatic carbocycles. The molecule has 0 saturated heterocycles. The molecule has 0 aliphatic carbocycles. The summed E-state index contributed by atoms with van der Waals surface area (Å²) in [6.45, 7) is 2.22. The molecule has 0 aliphatic rings. The lowest BCUT2D eigenvalue weighted by molar-refractivity contribution is 0.679. The Morgan fingerprint density at radius 1 is 1.27 bits per heavy atom. The molecular formula is C13H16BrN. The Kier molecular flexibility index (Phi) is 6.11. The van der Waals surface area contributed by atoms with Gasteiger partial charge in [0.2, 0.25) is 0 Å². The third-order valence-corrected chi connectivity index (χ3v) is 2.53. The number of hydrogen-bond acceptors (Lipinski definition) is 1. The van der Waals surface area contributed by atoms with Gasteiger partial charge in [-0.1, -0.05) is 38.0 Å². The second-order valence-electron chi connectivity index (χ2n) is 3.50. The molecule has 15 heavy (non-hydrogen) atoms. The van der Waals surface area contributed by atoms with Crippen LogP contribution in [0.4, 0.5) is 0 Å². The highest BCUT2D eigenvalue weighted by Gasteiger charge is 1.89. The van der Waals surface area contributed by atoms with Gasteiger partial charge in [0.15, 0.2) is 0 Å². The summed E-state index contributed by atoms with van der Waals surface area (Å²) < 4.78 is 0.986. The number of aromatic nitrogens is 1. The van der Waals surface area contributed by atoms with E-state index in [1.165, 1.54) is 25.7 Å². The third kappa shape index (κ3) is 5.59. The summed E-state index contributed by atoms with van der Waals surface area (Å²) >= 11 is 3.38. The first-order valence-electron chi connectivity index (χ1n) is 5.42. The minimum absolute atomic E-state index is 0.986. The Balaban J connectivity index is 2.32. The molecule has 1 aromatic heterocycles. The Morgan fingerprint density at radius 2 is 2.13 bits per heavy atom. The highest BCUT2D eigenvalue weighted by atomic mass is 79.9. The predicted molar refractivity (Wildman–Crippen MR) is 67.6 cm³/mol. The van der Waals surface area contributed by atoms with Crippen LogP contribution in [0.5, 0.6) is 0 Å². The fourth-order valence-corrected chi connectivity index (χ4v) is 1.65. The number of rotatable bonds is 4. The van der Waals surface area contributed by atoms with Gasteiger partial charge < -0.3 is 0 Å². The van der Waals surface area contributed by atoms with Crippen molar-refractivity contribution in [3.63, 3.8) is 0 Å². The van der Waals surface area contributed by atoms with E-state index in [0.717, 1.165) is 16.5 Å². The van der Waals surface area contributed by atoms with E-state index in [-0.39, 0.29) is 0 Å². The molecule has 0 unspecified atom stereocenters. The Hall–Kier alpha value is -0.810. The minimum atomic E-state index is 0.986. The highest BCUT2D eigenvalue weighted by molar-refractivity contribution is 9.10. The van der Waals surface area contributed by atoms with Crippen LogP contribution in [-0.4, -0.2) is 4.98 Å². The van der Waals surface area contributed by atoms with Crippen LogP contribution in [-0.2, 0) is 0 Å². The van der Waals surface area contributed by atoms with E-state index in [1.54, 1.807) is 12.4 Å². The van der Waals surface area contributed by atoms with Gasteiger partial charge in [0, 0.05) is 28.9 Å². The molecule has 0 saturated carbocycles. The summed E-state index contributed by atoms with van der Waals surface area (Å²) in [5.74, 6) is 6.30. The maximum absolute atomic E-state index is 4.06. The maximum atomic E-state index is 4.06. The lowest BCUT2D eigenvalue weighted by Gasteiger charge is -1.92. The molecular weight excluding hydrogens is 250 g/mol. The van der Waals surface area contributed by atoms with Gasteiger partial charge in [-0.05, 0) is 28.4 Å². The number of hydrogen-bond donors (Lipinski definition) is 0. The SMILES string of the molecule is CCCCCCC#Cc1cncc(Br)c1. The van der Waals surface area contributed by atoms with Gasteiger partial charge in [-0.3, -0.25) is 4.98 Å². The van der Waals surface area contributed by atoms with Gasteiger partial charge in [0.1, 0.15) is 0 Å².